The summed E-state index contributed by atoms with van der Waals surface area (Å²) < 4.78 is 127. The molecule has 40 heavy (non-hydrogen) atoms. The van der Waals surface area contributed by atoms with Crippen LogP contribution >= 0.6 is 46.4 Å². The Morgan fingerprint density at radius 1 is 0.850 bits per heavy atom. The van der Waals surface area contributed by atoms with Crippen LogP contribution in [0, 0.1) is 18.3 Å². The first-order valence-electron chi connectivity index (χ1n) is 11.1. The van der Waals surface area contributed by atoms with Gasteiger partial charge in [-0.25, -0.2) is 22.0 Å². The molecule has 4 atom stereocenters. The number of nitrogens with zero attached hydrogens (tertiary/aromatic N) is 1. The van der Waals surface area contributed by atoms with Crippen LogP contribution in [0.25, 0.3) is 5.57 Å². The van der Waals surface area contributed by atoms with Crippen molar-refractivity contribution in [2.75, 3.05) is 0 Å². The topological polar surface area (TPSA) is 23.8 Å². The Bertz CT molecular complexity index is 1540. The van der Waals surface area contributed by atoms with Crippen molar-refractivity contribution >= 4 is 52.0 Å². The number of halogens is 12. The third kappa shape index (κ3) is 4.02. The van der Waals surface area contributed by atoms with Crippen LogP contribution in [0.4, 0.5) is 35.1 Å². The first-order chi connectivity index (χ1) is 18.5. The van der Waals surface area contributed by atoms with E-state index in [1.165, 1.54) is 13.0 Å². The van der Waals surface area contributed by atoms with Gasteiger partial charge in [-0.2, -0.15) is 18.4 Å². The van der Waals surface area contributed by atoms with Gasteiger partial charge >= 0.3 is 6.18 Å². The minimum Gasteiger partial charge on any atom is -0.236 e. The molecule has 4 rings (SSSR count). The number of benzene rings is 3. The van der Waals surface area contributed by atoms with Crippen LogP contribution in [0.2, 0.25) is 20.1 Å². The van der Waals surface area contributed by atoms with Crippen molar-refractivity contribution in [1.82, 2.24) is 0 Å². The van der Waals surface area contributed by atoms with E-state index in [0.29, 0.717) is 29.8 Å². The lowest BCUT2D eigenvalue weighted by atomic mass is 9.58. The molecule has 0 aliphatic heterocycles. The first kappa shape index (κ1) is 30.4. The van der Waals surface area contributed by atoms with Crippen molar-refractivity contribution in [3.05, 3.63) is 108 Å². The second kappa shape index (κ2) is 10.1. The van der Waals surface area contributed by atoms with Crippen molar-refractivity contribution < 1.29 is 35.1 Å². The molecule has 0 saturated carbocycles. The molecule has 0 amide bonds. The summed E-state index contributed by atoms with van der Waals surface area (Å²) in [5, 5.41) is 6.00. The van der Waals surface area contributed by atoms with Crippen LogP contribution in [0.5, 0.6) is 0 Å². The lowest BCUT2D eigenvalue weighted by Crippen LogP contribution is -2.70. The molecule has 0 aromatic heterocycles. The molecule has 0 bridgehead atoms. The summed E-state index contributed by atoms with van der Waals surface area (Å²) >= 11 is 24.7. The molecular weight excluding hydrogens is 632 g/mol. The summed E-state index contributed by atoms with van der Waals surface area (Å²) in [6.45, 7) is 1.45. The molecule has 3 aromatic rings. The smallest absolute Gasteiger partial charge is 0.236 e. The Kier molecular flexibility index (Phi) is 7.68. The van der Waals surface area contributed by atoms with Crippen LogP contribution in [0.3, 0.4) is 0 Å². The van der Waals surface area contributed by atoms with Gasteiger partial charge in [-0.05, 0) is 42.3 Å². The van der Waals surface area contributed by atoms with Crippen molar-refractivity contribution in [2.45, 2.75) is 36.3 Å². The zero-order valence-corrected chi connectivity index (χ0v) is 22.8. The lowest BCUT2D eigenvalue weighted by Gasteiger charge is -2.53. The van der Waals surface area contributed by atoms with E-state index in [-0.39, 0.29) is 5.56 Å². The summed E-state index contributed by atoms with van der Waals surface area (Å²) in [6.07, 6.45) is -11.0. The van der Waals surface area contributed by atoms with Gasteiger partial charge < -0.3 is 0 Å². The fourth-order valence-corrected chi connectivity index (χ4v) is 6.51. The predicted molar refractivity (Wildman–Crippen MR) is 137 cm³/mol. The van der Waals surface area contributed by atoms with Gasteiger partial charge in [0.2, 0.25) is 11.3 Å². The minimum absolute atomic E-state index is 0.302. The van der Waals surface area contributed by atoms with Gasteiger partial charge in [0.25, 0.3) is 5.67 Å². The highest BCUT2D eigenvalue weighted by Crippen LogP contribution is 2.71. The average Bonchev–Trinajstić information content (AvgIpc) is 2.87. The minimum atomic E-state index is -6.55. The van der Waals surface area contributed by atoms with Crippen molar-refractivity contribution in [3.63, 3.8) is 0 Å². The molecule has 210 valence electrons. The Morgan fingerprint density at radius 2 is 1.35 bits per heavy atom. The normalized spacial score (nSPS) is 27.1. The fraction of sp³-hybridized carbons (Fsp3) is 0.222. The molecule has 1 aliphatic carbocycles. The number of alkyl halides is 7. The second-order valence-corrected chi connectivity index (χ2v) is 10.6. The number of hydrogen-bond acceptors (Lipinski definition) is 1. The van der Waals surface area contributed by atoms with Crippen molar-refractivity contribution in [3.8, 4) is 6.07 Å². The zero-order valence-electron chi connectivity index (χ0n) is 19.8. The number of allylic oxidation sites excluding steroid dienone is 2. The van der Waals surface area contributed by atoms with E-state index >= 15 is 22.0 Å². The molecule has 0 saturated heterocycles. The highest BCUT2D eigenvalue weighted by Gasteiger charge is 2.85. The monoisotopic (exact) mass is 643 g/mol. The molecule has 0 fully saturated rings. The average molecular weight is 645 g/mol. The predicted octanol–water partition coefficient (Wildman–Crippen LogP) is 10.5. The van der Waals surface area contributed by atoms with E-state index in [9.17, 15) is 18.4 Å². The summed E-state index contributed by atoms with van der Waals surface area (Å²) in [7, 11) is 0. The number of nitriles is 1. The zero-order chi connectivity index (χ0) is 30.0. The van der Waals surface area contributed by atoms with Crippen LogP contribution < -0.4 is 0 Å². The van der Waals surface area contributed by atoms with Gasteiger partial charge in [0.05, 0.1) is 31.7 Å². The molecule has 0 N–H and O–H groups in total. The maximum Gasteiger partial charge on any atom is 0.429 e. The molecule has 0 spiro atoms. The molecule has 0 radical (unpaired) electrons. The van der Waals surface area contributed by atoms with Gasteiger partial charge in [0.1, 0.15) is 5.83 Å². The largest absolute Gasteiger partial charge is 0.429 e. The summed E-state index contributed by atoms with van der Waals surface area (Å²) in [5.41, 5.74) is -21.4. The standard InChI is InChI=1S/C27H13Cl4F8N/c1-12-7-15(28)19(16(29)8-12)21-22(32)23(33)26(36,27(37,38)39)25(35,14-5-3-2-4-6-14)24(21,34)20-17(30)9-13(11-40)10-18(20)31/h2-10,23H,1H3. The van der Waals surface area contributed by atoms with Crippen LogP contribution in [-0.2, 0) is 11.3 Å². The molecule has 13 heteroatoms. The Hall–Kier alpha value is -2.51. The van der Waals surface area contributed by atoms with Crippen molar-refractivity contribution in [2.24, 2.45) is 0 Å². The Morgan fingerprint density at radius 3 is 1.80 bits per heavy atom. The first-order valence-corrected chi connectivity index (χ1v) is 12.6. The molecular formula is C27H13Cl4F8N. The maximum atomic E-state index is 18.1. The molecule has 0 heterocycles. The van der Waals surface area contributed by atoms with E-state index in [4.69, 9.17) is 46.4 Å². The highest BCUT2D eigenvalue weighted by atomic mass is 35.5. The summed E-state index contributed by atoms with van der Waals surface area (Å²) in [6, 6.07) is 9.30. The molecule has 4 unspecified atom stereocenters. The molecule has 1 nitrogen and oxygen atoms in total. The third-order valence-electron chi connectivity index (χ3n) is 6.67. The summed E-state index contributed by atoms with van der Waals surface area (Å²) in [4.78, 5) is 0. The molecule has 3 aromatic carbocycles. The Labute approximate surface area is 242 Å². The van der Waals surface area contributed by atoms with Crippen molar-refractivity contribution in [1.29, 1.82) is 5.26 Å². The number of hydrogen-bond donors (Lipinski definition) is 0. The van der Waals surface area contributed by atoms with Gasteiger partial charge in [-0.3, -0.25) is 0 Å². The van der Waals surface area contributed by atoms with Gasteiger partial charge in [-0.1, -0.05) is 76.7 Å². The highest BCUT2D eigenvalue weighted by molar-refractivity contribution is 6.39. The quantitative estimate of drug-likeness (QED) is 0.260. The third-order valence-corrected chi connectivity index (χ3v) is 7.86. The fourth-order valence-electron chi connectivity index (χ4n) is 4.97. The lowest BCUT2D eigenvalue weighted by molar-refractivity contribution is -0.317. The Balaban J connectivity index is 2.37. The van der Waals surface area contributed by atoms with E-state index in [1.54, 1.807) is 6.07 Å². The maximum absolute atomic E-state index is 18.1. The van der Waals surface area contributed by atoms with Gasteiger partial charge in [-0.15, -0.1) is 0 Å². The van der Waals surface area contributed by atoms with E-state index in [2.05, 4.69) is 0 Å². The van der Waals surface area contributed by atoms with E-state index < -0.39 is 77.5 Å². The van der Waals surface area contributed by atoms with Gasteiger partial charge in [0.15, 0.2) is 6.17 Å². The number of rotatable bonds is 3. The second-order valence-electron chi connectivity index (χ2n) is 9.01. The van der Waals surface area contributed by atoms with Crippen LogP contribution in [0.1, 0.15) is 27.8 Å². The summed E-state index contributed by atoms with van der Waals surface area (Å²) in [5.74, 6) is -2.68. The van der Waals surface area contributed by atoms with Crippen LogP contribution in [0.15, 0.2) is 60.4 Å². The van der Waals surface area contributed by atoms with Crippen LogP contribution in [-0.4, -0.2) is 18.0 Å². The van der Waals surface area contributed by atoms with Gasteiger partial charge in [0, 0.05) is 16.7 Å². The SMILES string of the molecule is Cc1cc(Cl)c(C2=C(F)C(F)C(F)(C(F)(F)F)C(F)(c3ccccc3)C2(F)c2c(Cl)cc(C#N)cc2Cl)c(Cl)c1. The number of aryl methyl sites for hydroxylation is 1. The van der Waals surface area contributed by atoms with E-state index in [1.807, 2.05) is 0 Å². The van der Waals surface area contributed by atoms with E-state index in [0.717, 1.165) is 24.3 Å². The molecule has 1 aliphatic rings.